The molecule has 1 heterocycles. The first-order valence-electron chi connectivity index (χ1n) is 3.73. The van der Waals surface area contributed by atoms with Crippen LogP contribution >= 0.6 is 0 Å². The highest BCUT2D eigenvalue weighted by Gasteiger charge is 2.16. The number of carbonyl (C=O) groups is 2. The summed E-state index contributed by atoms with van der Waals surface area (Å²) in [6.45, 7) is 1.55. The molecular formula is C8H10N2O3. The monoisotopic (exact) mass is 182 g/mol. The lowest BCUT2D eigenvalue weighted by Crippen LogP contribution is -2.25. The molecule has 1 amide bonds. The Hall–Kier alpha value is -1.78. The normalized spacial score (nSPS) is 12.4. The molecule has 13 heavy (non-hydrogen) atoms. The van der Waals surface area contributed by atoms with Gasteiger partial charge in [0.15, 0.2) is 0 Å². The first kappa shape index (κ1) is 9.31. The maximum Gasteiger partial charge on any atom is 0.352 e. The Morgan fingerprint density at radius 2 is 2.23 bits per heavy atom. The van der Waals surface area contributed by atoms with E-state index < -0.39 is 17.9 Å². The number of hydrogen-bond acceptors (Lipinski definition) is 2. The second-order valence-corrected chi connectivity index (χ2v) is 2.68. The van der Waals surface area contributed by atoms with Crippen molar-refractivity contribution in [3.8, 4) is 0 Å². The van der Waals surface area contributed by atoms with Crippen LogP contribution in [0.2, 0.25) is 0 Å². The lowest BCUT2D eigenvalue weighted by atomic mass is 10.3. The Bertz CT molecular complexity index is 343. The molecule has 0 bridgehead atoms. The van der Waals surface area contributed by atoms with Gasteiger partial charge in [-0.1, -0.05) is 0 Å². The van der Waals surface area contributed by atoms with Gasteiger partial charge in [-0.15, -0.1) is 0 Å². The van der Waals surface area contributed by atoms with Gasteiger partial charge in [-0.25, -0.2) is 4.79 Å². The van der Waals surface area contributed by atoms with E-state index in [9.17, 15) is 9.59 Å². The van der Waals surface area contributed by atoms with E-state index in [0.29, 0.717) is 0 Å². The molecule has 0 radical (unpaired) electrons. The van der Waals surface area contributed by atoms with Gasteiger partial charge in [0.05, 0.1) is 0 Å². The molecule has 1 atom stereocenters. The summed E-state index contributed by atoms with van der Waals surface area (Å²) in [4.78, 5) is 21.4. The predicted octanol–water partition coefficient (Wildman–Crippen LogP) is 0.233. The van der Waals surface area contributed by atoms with Crippen LogP contribution in [-0.2, 0) is 4.79 Å². The highest BCUT2D eigenvalue weighted by molar-refractivity contribution is 5.87. The minimum absolute atomic E-state index is 0.0614. The van der Waals surface area contributed by atoms with Gasteiger partial charge in [0.1, 0.15) is 11.7 Å². The van der Waals surface area contributed by atoms with Crippen molar-refractivity contribution in [1.29, 1.82) is 0 Å². The third-order valence-electron chi connectivity index (χ3n) is 1.83. The number of carbonyl (C=O) groups excluding carboxylic acids is 1. The molecule has 0 aliphatic rings. The van der Waals surface area contributed by atoms with Crippen LogP contribution in [0.3, 0.4) is 0 Å². The average Bonchev–Trinajstić information content (AvgIpc) is 2.50. The third-order valence-corrected chi connectivity index (χ3v) is 1.83. The van der Waals surface area contributed by atoms with Crippen molar-refractivity contribution in [3.63, 3.8) is 0 Å². The van der Waals surface area contributed by atoms with E-state index in [4.69, 9.17) is 10.8 Å². The molecule has 0 saturated heterocycles. The zero-order chi connectivity index (χ0) is 10.0. The standard InChI is InChI=1S/C8H10N2O3/c1-5(7(9)11)10-4-2-3-6(10)8(12)13/h2-5H,1H3,(H2,9,11)(H,12,13). The molecule has 0 spiro atoms. The van der Waals surface area contributed by atoms with Crippen molar-refractivity contribution < 1.29 is 14.7 Å². The van der Waals surface area contributed by atoms with Crippen LogP contribution in [0.5, 0.6) is 0 Å². The molecule has 5 nitrogen and oxygen atoms in total. The van der Waals surface area contributed by atoms with Crippen molar-refractivity contribution >= 4 is 11.9 Å². The predicted molar refractivity (Wildman–Crippen MR) is 45.3 cm³/mol. The number of aromatic carboxylic acids is 1. The van der Waals surface area contributed by atoms with Crippen molar-refractivity contribution in [2.24, 2.45) is 5.73 Å². The highest BCUT2D eigenvalue weighted by atomic mass is 16.4. The lowest BCUT2D eigenvalue weighted by molar-refractivity contribution is -0.120. The van der Waals surface area contributed by atoms with Gasteiger partial charge in [-0.3, -0.25) is 4.79 Å². The van der Waals surface area contributed by atoms with Crippen LogP contribution < -0.4 is 5.73 Å². The van der Waals surface area contributed by atoms with E-state index in [-0.39, 0.29) is 5.69 Å². The van der Waals surface area contributed by atoms with E-state index in [2.05, 4.69) is 0 Å². The van der Waals surface area contributed by atoms with Crippen LogP contribution in [0.1, 0.15) is 23.5 Å². The van der Waals surface area contributed by atoms with Gasteiger partial charge < -0.3 is 15.4 Å². The summed E-state index contributed by atoms with van der Waals surface area (Å²) in [6, 6.07) is 2.34. The smallest absolute Gasteiger partial charge is 0.352 e. The first-order valence-corrected chi connectivity index (χ1v) is 3.73. The Labute approximate surface area is 74.8 Å². The summed E-state index contributed by atoms with van der Waals surface area (Å²) in [6.07, 6.45) is 1.51. The molecule has 0 fully saturated rings. The second-order valence-electron chi connectivity index (χ2n) is 2.68. The Morgan fingerprint density at radius 3 is 2.69 bits per heavy atom. The molecule has 0 saturated carbocycles. The Morgan fingerprint density at radius 1 is 1.62 bits per heavy atom. The molecule has 1 rings (SSSR count). The molecule has 1 aromatic heterocycles. The number of amides is 1. The fourth-order valence-electron chi connectivity index (χ4n) is 1.05. The minimum atomic E-state index is -1.07. The summed E-state index contributed by atoms with van der Waals surface area (Å²) < 4.78 is 1.32. The van der Waals surface area contributed by atoms with Crippen molar-refractivity contribution in [1.82, 2.24) is 4.57 Å². The maximum atomic E-state index is 10.8. The first-order chi connectivity index (χ1) is 6.04. The largest absolute Gasteiger partial charge is 0.477 e. The SMILES string of the molecule is CC(C(N)=O)n1cccc1C(=O)O. The number of carboxylic acids is 1. The lowest BCUT2D eigenvalue weighted by Gasteiger charge is -2.11. The van der Waals surface area contributed by atoms with E-state index >= 15 is 0 Å². The highest BCUT2D eigenvalue weighted by Crippen LogP contribution is 2.10. The van der Waals surface area contributed by atoms with E-state index in [0.717, 1.165) is 0 Å². The average molecular weight is 182 g/mol. The summed E-state index contributed by atoms with van der Waals surface area (Å²) in [7, 11) is 0. The van der Waals surface area contributed by atoms with Crippen molar-refractivity contribution in [2.75, 3.05) is 0 Å². The fraction of sp³-hybridized carbons (Fsp3) is 0.250. The summed E-state index contributed by atoms with van der Waals surface area (Å²) >= 11 is 0. The zero-order valence-corrected chi connectivity index (χ0v) is 7.10. The number of aromatic nitrogens is 1. The molecule has 3 N–H and O–H groups in total. The second kappa shape index (κ2) is 3.30. The number of primary amides is 1. The number of carboxylic acid groups (broad SMARTS) is 1. The molecule has 1 unspecified atom stereocenters. The van der Waals surface area contributed by atoms with Crippen molar-refractivity contribution in [3.05, 3.63) is 24.0 Å². The molecule has 5 heteroatoms. The number of hydrogen-bond donors (Lipinski definition) is 2. The zero-order valence-electron chi connectivity index (χ0n) is 7.10. The maximum absolute atomic E-state index is 10.8. The van der Waals surface area contributed by atoms with Gasteiger partial charge in [0, 0.05) is 6.20 Å². The molecular weight excluding hydrogens is 172 g/mol. The van der Waals surface area contributed by atoms with Gasteiger partial charge in [0.25, 0.3) is 0 Å². The van der Waals surface area contributed by atoms with Crippen LogP contribution in [0.4, 0.5) is 0 Å². The van der Waals surface area contributed by atoms with Crippen LogP contribution in [0, 0.1) is 0 Å². The summed E-state index contributed by atoms with van der Waals surface area (Å²) in [5, 5.41) is 8.71. The van der Waals surface area contributed by atoms with Crippen molar-refractivity contribution in [2.45, 2.75) is 13.0 Å². The number of rotatable bonds is 3. The van der Waals surface area contributed by atoms with Gasteiger partial charge >= 0.3 is 5.97 Å². The van der Waals surface area contributed by atoms with Gasteiger partial charge in [0.2, 0.25) is 5.91 Å². The minimum Gasteiger partial charge on any atom is -0.477 e. The summed E-state index contributed by atoms with van der Waals surface area (Å²) in [5.41, 5.74) is 5.10. The van der Waals surface area contributed by atoms with E-state index in [1.165, 1.54) is 16.8 Å². The molecule has 1 aromatic rings. The number of nitrogens with zero attached hydrogens (tertiary/aromatic N) is 1. The molecule has 0 aromatic carbocycles. The quantitative estimate of drug-likeness (QED) is 0.701. The Kier molecular flexibility index (Phi) is 2.36. The van der Waals surface area contributed by atoms with Crippen LogP contribution in [0.25, 0.3) is 0 Å². The molecule has 0 aliphatic carbocycles. The van der Waals surface area contributed by atoms with Gasteiger partial charge in [-0.2, -0.15) is 0 Å². The molecule has 70 valence electrons. The summed E-state index contributed by atoms with van der Waals surface area (Å²) in [5.74, 6) is -1.63. The van der Waals surface area contributed by atoms with E-state index in [1.807, 2.05) is 0 Å². The topological polar surface area (TPSA) is 85.3 Å². The van der Waals surface area contributed by atoms with Gasteiger partial charge in [-0.05, 0) is 19.1 Å². The van der Waals surface area contributed by atoms with E-state index in [1.54, 1.807) is 13.0 Å². The molecule has 0 aliphatic heterocycles. The number of nitrogens with two attached hydrogens (primary N) is 1. The fourth-order valence-corrected chi connectivity index (χ4v) is 1.05. The Balaban J connectivity index is 3.07. The van der Waals surface area contributed by atoms with Crippen LogP contribution in [0.15, 0.2) is 18.3 Å². The van der Waals surface area contributed by atoms with Crippen LogP contribution in [-0.4, -0.2) is 21.6 Å². The third kappa shape index (κ3) is 1.69.